The molecule has 138 valence electrons. The highest BCUT2D eigenvalue weighted by Crippen LogP contribution is 2.64. The molecule has 1 fully saturated rings. The maximum Gasteiger partial charge on any atom is 0.127 e. The second kappa shape index (κ2) is 8.28. The maximum absolute atomic E-state index is 13.7. The molecular formula is C18H31FN2S3. The lowest BCUT2D eigenvalue weighted by atomic mass is 10.2. The Labute approximate surface area is 157 Å². The highest BCUT2D eigenvalue weighted by Gasteiger charge is 2.30. The molecule has 0 aromatic heterocycles. The van der Waals surface area contributed by atoms with Crippen molar-refractivity contribution in [2.24, 2.45) is 11.1 Å². The van der Waals surface area contributed by atoms with Gasteiger partial charge in [0.25, 0.3) is 0 Å². The number of allylic oxidation sites excluding steroid dienone is 1. The van der Waals surface area contributed by atoms with Crippen LogP contribution in [0.5, 0.6) is 0 Å². The summed E-state index contributed by atoms with van der Waals surface area (Å²) in [6, 6.07) is 3.12. The molecule has 2 nitrogen and oxygen atoms in total. The number of nitrogens with one attached hydrogen (secondary N) is 1. The highest BCUT2D eigenvalue weighted by molar-refractivity contribution is 9.17. The fourth-order valence-electron chi connectivity index (χ4n) is 1.96. The molecule has 1 aliphatic carbocycles. The molecule has 1 aromatic carbocycles. The highest BCUT2D eigenvalue weighted by atomic mass is 33.5. The van der Waals surface area contributed by atoms with Gasteiger partial charge in [-0.05, 0) is 62.5 Å². The molecular weight excluding hydrogens is 359 g/mol. The number of benzene rings is 1. The average molecular weight is 391 g/mol. The summed E-state index contributed by atoms with van der Waals surface area (Å²) in [7, 11) is -1.66. The lowest BCUT2D eigenvalue weighted by Crippen LogP contribution is -2.13. The normalized spacial score (nSPS) is 17.4. The first-order valence-corrected chi connectivity index (χ1v) is 12.3. The van der Waals surface area contributed by atoms with Gasteiger partial charge >= 0.3 is 0 Å². The smallest absolute Gasteiger partial charge is 0.127 e. The topological polar surface area (TPSA) is 38.0 Å². The second-order valence-electron chi connectivity index (χ2n) is 7.22. The fourth-order valence-corrected chi connectivity index (χ4v) is 4.58. The van der Waals surface area contributed by atoms with Gasteiger partial charge in [0.05, 0.1) is 11.5 Å². The van der Waals surface area contributed by atoms with Gasteiger partial charge in [0.15, 0.2) is 0 Å². The predicted molar refractivity (Wildman–Crippen MR) is 115 cm³/mol. The van der Waals surface area contributed by atoms with Crippen LogP contribution >= 0.6 is 31.4 Å². The van der Waals surface area contributed by atoms with Gasteiger partial charge in [0.2, 0.25) is 0 Å². The van der Waals surface area contributed by atoms with E-state index in [2.05, 4.69) is 42.5 Å². The van der Waals surface area contributed by atoms with Crippen molar-refractivity contribution in [3.05, 3.63) is 34.9 Å². The summed E-state index contributed by atoms with van der Waals surface area (Å²) in [4.78, 5) is 0.783. The molecule has 0 atom stereocenters. The van der Waals surface area contributed by atoms with Crippen LogP contribution in [0.3, 0.4) is 0 Å². The molecule has 0 heterocycles. The molecule has 0 unspecified atom stereocenters. The summed E-state index contributed by atoms with van der Waals surface area (Å²) in [5.74, 6) is 0.345. The Bertz CT molecular complexity index is 613. The number of hydrogen-bond acceptors (Lipinski definition) is 4. The van der Waals surface area contributed by atoms with Crippen molar-refractivity contribution in [3.63, 3.8) is 0 Å². The van der Waals surface area contributed by atoms with Gasteiger partial charge in [0, 0.05) is 10.5 Å². The molecule has 0 spiro atoms. The molecule has 0 aliphatic heterocycles. The number of hydrogen-bond donors (Lipinski definition) is 4. The Hall–Kier alpha value is -0.460. The van der Waals surface area contributed by atoms with Crippen molar-refractivity contribution in [2.75, 3.05) is 11.6 Å². The first kappa shape index (κ1) is 21.6. The minimum Gasteiger partial charge on any atom is -0.385 e. The van der Waals surface area contributed by atoms with Crippen LogP contribution in [0.4, 0.5) is 10.1 Å². The van der Waals surface area contributed by atoms with E-state index in [0.29, 0.717) is 11.4 Å². The summed E-state index contributed by atoms with van der Waals surface area (Å²) in [5.41, 5.74) is 9.14. The molecule has 0 radical (unpaired) electrons. The number of rotatable bonds is 4. The first-order chi connectivity index (χ1) is 10.9. The second-order valence-corrected chi connectivity index (χ2v) is 14.5. The predicted octanol–water partition coefficient (Wildman–Crippen LogP) is 6.44. The van der Waals surface area contributed by atoms with E-state index in [1.54, 1.807) is 13.0 Å². The van der Waals surface area contributed by atoms with Crippen molar-refractivity contribution in [3.8, 4) is 0 Å². The van der Waals surface area contributed by atoms with E-state index in [9.17, 15) is 4.39 Å². The third-order valence-electron chi connectivity index (χ3n) is 4.24. The largest absolute Gasteiger partial charge is 0.385 e. The third-order valence-corrected chi connectivity index (χ3v) is 6.63. The number of anilines is 1. The van der Waals surface area contributed by atoms with E-state index in [1.807, 2.05) is 20.1 Å². The molecule has 2 rings (SSSR count). The Morgan fingerprint density at radius 1 is 1.33 bits per heavy atom. The van der Waals surface area contributed by atoms with Crippen LogP contribution in [0.1, 0.15) is 52.5 Å². The van der Waals surface area contributed by atoms with Gasteiger partial charge in [-0.3, -0.25) is 0 Å². The molecule has 3 N–H and O–H groups in total. The van der Waals surface area contributed by atoms with Crippen molar-refractivity contribution >= 4 is 37.1 Å². The van der Waals surface area contributed by atoms with Crippen LogP contribution in [0, 0.1) is 18.2 Å². The van der Waals surface area contributed by atoms with E-state index >= 15 is 0 Å². The zero-order valence-electron chi connectivity index (χ0n) is 15.5. The van der Waals surface area contributed by atoms with Gasteiger partial charge in [-0.15, -0.1) is 31.4 Å². The van der Waals surface area contributed by atoms with Crippen molar-refractivity contribution in [1.29, 1.82) is 0 Å². The van der Waals surface area contributed by atoms with Crippen molar-refractivity contribution < 1.29 is 4.39 Å². The maximum atomic E-state index is 13.7. The van der Waals surface area contributed by atoms with Crippen LogP contribution in [-0.2, 0) is 0 Å². The van der Waals surface area contributed by atoms with Crippen LogP contribution in [-0.4, -0.2) is 6.26 Å². The van der Waals surface area contributed by atoms with Crippen molar-refractivity contribution in [1.82, 2.24) is 0 Å². The van der Waals surface area contributed by atoms with Crippen LogP contribution in [0.25, 0.3) is 0 Å². The van der Waals surface area contributed by atoms with Gasteiger partial charge in [0.1, 0.15) is 5.82 Å². The number of nitrogens with two attached hydrogens (primary N) is 1. The number of halogens is 1. The Morgan fingerprint density at radius 2 is 1.83 bits per heavy atom. The van der Waals surface area contributed by atoms with Gasteiger partial charge in [-0.2, -0.15) is 0 Å². The summed E-state index contributed by atoms with van der Waals surface area (Å²) in [6.07, 6.45) is 5.65. The number of thiol groups is 2. The molecule has 1 aromatic rings. The molecule has 0 saturated heterocycles. The van der Waals surface area contributed by atoms with Gasteiger partial charge in [-0.25, -0.2) is 4.39 Å². The van der Waals surface area contributed by atoms with Gasteiger partial charge < -0.3 is 11.1 Å². The minimum atomic E-state index is -1.66. The Kier molecular flexibility index (Phi) is 7.45. The quantitative estimate of drug-likeness (QED) is 0.353. The molecule has 1 saturated carbocycles. The third kappa shape index (κ3) is 6.45. The van der Waals surface area contributed by atoms with Crippen LogP contribution in [0.15, 0.2) is 28.4 Å². The van der Waals surface area contributed by atoms with Crippen LogP contribution < -0.4 is 11.1 Å². The van der Waals surface area contributed by atoms with Crippen molar-refractivity contribution in [2.45, 2.75) is 58.8 Å². The molecule has 1 aliphatic rings. The Balaban J connectivity index is 0.000000488. The summed E-state index contributed by atoms with van der Waals surface area (Å²) in [5, 5.41) is 3.15. The minimum absolute atomic E-state index is 0.253. The fraction of sp³-hybridized carbons (Fsp3) is 0.556. The first-order valence-electron chi connectivity index (χ1n) is 8.13. The lowest BCUT2D eigenvalue weighted by molar-refractivity contribution is 0.614. The summed E-state index contributed by atoms with van der Waals surface area (Å²) < 4.78 is 13.7. The lowest BCUT2D eigenvalue weighted by Gasteiger charge is -2.28. The van der Waals surface area contributed by atoms with Crippen LogP contribution in [0.2, 0.25) is 0 Å². The zero-order valence-corrected chi connectivity index (χ0v) is 18.1. The summed E-state index contributed by atoms with van der Waals surface area (Å²) in [6.45, 7) is 10.3. The monoisotopic (exact) mass is 390 g/mol. The van der Waals surface area contributed by atoms with E-state index in [0.717, 1.165) is 28.0 Å². The standard InChI is InChI=1S/C13H21FN2S3.C5H10/c1-5-8(2)13(15)16-11-7-6-10(14)9(3)12(11)19(4,17)18;1-5(2)3-4-5/h6-7,16-18H,5,15H2,1-4H3;3-4H2,1-2H3/b13-8+;. The van der Waals surface area contributed by atoms with Gasteiger partial charge in [-0.1, -0.05) is 20.8 Å². The average Bonchev–Trinajstić information content (AvgIpc) is 3.16. The molecule has 0 bridgehead atoms. The molecule has 0 amide bonds. The molecule has 24 heavy (non-hydrogen) atoms. The summed E-state index contributed by atoms with van der Waals surface area (Å²) >= 11 is 9.02. The Morgan fingerprint density at radius 3 is 2.21 bits per heavy atom. The SMILES string of the molecule is CC/C(C)=C(\N)Nc1ccc(F)c(C)c1S(C)(S)S.CC1(C)CC1. The van der Waals surface area contributed by atoms with E-state index in [1.165, 1.54) is 18.9 Å². The van der Waals surface area contributed by atoms with E-state index < -0.39 is 8.09 Å². The van der Waals surface area contributed by atoms with E-state index in [4.69, 9.17) is 5.73 Å². The molecule has 6 heteroatoms. The van der Waals surface area contributed by atoms with E-state index in [-0.39, 0.29) is 5.82 Å². The zero-order chi connectivity index (χ0) is 18.7.